The van der Waals surface area contributed by atoms with Crippen LogP contribution >= 0.6 is 0 Å². The van der Waals surface area contributed by atoms with E-state index in [9.17, 15) is 4.79 Å². The molecule has 1 N–H and O–H groups in total. The number of hydrogen-bond acceptors (Lipinski definition) is 5. The van der Waals surface area contributed by atoms with Crippen LogP contribution in [-0.4, -0.2) is 62.2 Å². The molecule has 0 radical (unpaired) electrons. The molecule has 2 aromatic rings. The van der Waals surface area contributed by atoms with Gasteiger partial charge in [0.05, 0.1) is 11.9 Å². The molecule has 2 heterocycles. The normalized spacial score (nSPS) is 14.9. The van der Waals surface area contributed by atoms with Crippen molar-refractivity contribution in [1.82, 2.24) is 15.2 Å². The van der Waals surface area contributed by atoms with E-state index in [1.54, 1.807) is 19.4 Å². The Labute approximate surface area is 161 Å². The molecule has 1 saturated heterocycles. The van der Waals surface area contributed by atoms with Gasteiger partial charge in [-0.1, -0.05) is 30.3 Å². The lowest BCUT2D eigenvalue weighted by Gasteiger charge is -2.36. The van der Waals surface area contributed by atoms with Crippen molar-refractivity contribution in [1.29, 1.82) is 0 Å². The summed E-state index contributed by atoms with van der Waals surface area (Å²) in [7, 11) is 1.66. The van der Waals surface area contributed by atoms with Gasteiger partial charge in [-0.2, -0.15) is 0 Å². The Morgan fingerprint density at radius 1 is 1.11 bits per heavy atom. The lowest BCUT2D eigenvalue weighted by atomic mass is 10.2. The maximum atomic E-state index is 12.1. The van der Waals surface area contributed by atoms with Crippen molar-refractivity contribution in [2.24, 2.45) is 0 Å². The summed E-state index contributed by atoms with van der Waals surface area (Å²) in [6.07, 6.45) is 2.60. The summed E-state index contributed by atoms with van der Waals surface area (Å²) in [6, 6.07) is 14.4. The van der Waals surface area contributed by atoms with E-state index in [1.165, 1.54) is 5.56 Å². The molecule has 0 unspecified atom stereocenters. The molecular formula is C21H28N4O2. The van der Waals surface area contributed by atoms with Gasteiger partial charge in [0.1, 0.15) is 5.69 Å². The maximum Gasteiger partial charge on any atom is 0.269 e. The molecule has 1 aliphatic heterocycles. The van der Waals surface area contributed by atoms with Crippen molar-refractivity contribution in [2.75, 3.05) is 51.3 Å². The number of benzene rings is 1. The van der Waals surface area contributed by atoms with Crippen molar-refractivity contribution in [3.05, 3.63) is 59.9 Å². The highest BCUT2D eigenvalue weighted by Gasteiger charge is 2.18. The fourth-order valence-corrected chi connectivity index (χ4v) is 3.22. The van der Waals surface area contributed by atoms with E-state index in [0.717, 1.165) is 44.8 Å². The summed E-state index contributed by atoms with van der Waals surface area (Å²) in [5, 5.41) is 2.86. The second-order valence-corrected chi connectivity index (χ2v) is 6.75. The molecule has 1 aliphatic rings. The average Bonchev–Trinajstić information content (AvgIpc) is 2.72. The summed E-state index contributed by atoms with van der Waals surface area (Å²) >= 11 is 0. The summed E-state index contributed by atoms with van der Waals surface area (Å²) in [5.41, 5.74) is 2.89. The fourth-order valence-electron chi connectivity index (χ4n) is 3.22. The number of nitrogens with one attached hydrogen (secondary N) is 1. The van der Waals surface area contributed by atoms with Crippen molar-refractivity contribution in [3.8, 4) is 0 Å². The van der Waals surface area contributed by atoms with E-state index in [4.69, 9.17) is 4.74 Å². The summed E-state index contributed by atoms with van der Waals surface area (Å²) in [6.45, 7) is 6.22. The van der Waals surface area contributed by atoms with Gasteiger partial charge in [-0.25, -0.2) is 4.98 Å². The van der Waals surface area contributed by atoms with Gasteiger partial charge in [-0.15, -0.1) is 0 Å². The zero-order chi connectivity index (χ0) is 18.9. The quantitative estimate of drug-likeness (QED) is 0.724. The molecular weight excluding hydrogens is 340 g/mol. The predicted molar refractivity (Wildman–Crippen MR) is 107 cm³/mol. The minimum Gasteiger partial charge on any atom is -0.385 e. The number of hydrogen-bond donors (Lipinski definition) is 1. The number of pyridine rings is 1. The molecule has 6 heteroatoms. The molecule has 0 aliphatic carbocycles. The molecule has 1 amide bonds. The first-order valence-electron chi connectivity index (χ1n) is 9.50. The number of piperazine rings is 1. The van der Waals surface area contributed by atoms with Crippen molar-refractivity contribution in [3.63, 3.8) is 0 Å². The van der Waals surface area contributed by atoms with Gasteiger partial charge in [0.2, 0.25) is 0 Å². The van der Waals surface area contributed by atoms with Gasteiger partial charge in [0.25, 0.3) is 5.91 Å². The molecule has 3 rings (SSSR count). The molecule has 1 aromatic carbocycles. The SMILES string of the molecule is COCCCNC(=O)c1ccc(N2CCN(Cc3ccccc3)CC2)cn1. The van der Waals surface area contributed by atoms with Gasteiger partial charge in [0, 0.05) is 53.0 Å². The van der Waals surface area contributed by atoms with Crippen LogP contribution in [0.1, 0.15) is 22.5 Å². The van der Waals surface area contributed by atoms with Crippen molar-refractivity contribution in [2.45, 2.75) is 13.0 Å². The fraction of sp³-hybridized carbons (Fsp3) is 0.429. The Hall–Kier alpha value is -2.44. The number of amides is 1. The number of anilines is 1. The minimum absolute atomic E-state index is 0.134. The summed E-state index contributed by atoms with van der Waals surface area (Å²) in [5.74, 6) is -0.134. The number of carbonyl (C=O) groups is 1. The van der Waals surface area contributed by atoms with Gasteiger partial charge in [-0.3, -0.25) is 9.69 Å². The molecule has 0 spiro atoms. The van der Waals surface area contributed by atoms with Crippen molar-refractivity contribution < 1.29 is 9.53 Å². The lowest BCUT2D eigenvalue weighted by Crippen LogP contribution is -2.46. The van der Waals surface area contributed by atoms with E-state index >= 15 is 0 Å². The van der Waals surface area contributed by atoms with E-state index in [1.807, 2.05) is 6.07 Å². The van der Waals surface area contributed by atoms with Gasteiger partial charge >= 0.3 is 0 Å². The number of nitrogens with zero attached hydrogens (tertiary/aromatic N) is 3. The molecule has 0 atom stereocenters. The van der Waals surface area contributed by atoms with Crippen molar-refractivity contribution >= 4 is 11.6 Å². The third kappa shape index (κ3) is 5.77. The summed E-state index contributed by atoms with van der Waals surface area (Å²) in [4.78, 5) is 21.2. The Bertz CT molecular complexity index is 698. The Kier molecular flexibility index (Phi) is 7.19. The molecule has 0 saturated carbocycles. The largest absolute Gasteiger partial charge is 0.385 e. The smallest absolute Gasteiger partial charge is 0.269 e. The first kappa shape index (κ1) is 19.3. The molecule has 1 aromatic heterocycles. The average molecular weight is 368 g/mol. The van der Waals surface area contributed by atoms with Gasteiger partial charge in [-0.05, 0) is 24.1 Å². The van der Waals surface area contributed by atoms with Crippen LogP contribution in [0.2, 0.25) is 0 Å². The number of rotatable bonds is 8. The molecule has 27 heavy (non-hydrogen) atoms. The van der Waals surface area contributed by atoms with E-state index in [2.05, 4.69) is 50.4 Å². The molecule has 1 fully saturated rings. The second kappa shape index (κ2) is 10.0. The highest BCUT2D eigenvalue weighted by Crippen LogP contribution is 2.17. The van der Waals surface area contributed by atoms with Crippen LogP contribution in [0.25, 0.3) is 0 Å². The lowest BCUT2D eigenvalue weighted by molar-refractivity contribution is 0.0943. The first-order chi connectivity index (χ1) is 13.3. The van der Waals surface area contributed by atoms with E-state index < -0.39 is 0 Å². The zero-order valence-electron chi connectivity index (χ0n) is 15.9. The Morgan fingerprint density at radius 3 is 2.56 bits per heavy atom. The minimum atomic E-state index is -0.134. The molecule has 144 valence electrons. The third-order valence-electron chi connectivity index (χ3n) is 4.78. The van der Waals surface area contributed by atoms with Crippen LogP contribution in [0.4, 0.5) is 5.69 Å². The maximum absolute atomic E-state index is 12.1. The van der Waals surface area contributed by atoms with Gasteiger partial charge < -0.3 is 15.0 Å². The zero-order valence-corrected chi connectivity index (χ0v) is 15.9. The van der Waals surface area contributed by atoms with Crippen LogP contribution in [-0.2, 0) is 11.3 Å². The second-order valence-electron chi connectivity index (χ2n) is 6.75. The number of aromatic nitrogens is 1. The Balaban J connectivity index is 1.46. The highest BCUT2D eigenvalue weighted by atomic mass is 16.5. The number of carbonyl (C=O) groups excluding carboxylic acids is 1. The number of methoxy groups -OCH3 is 1. The summed E-state index contributed by atoms with van der Waals surface area (Å²) < 4.78 is 4.98. The monoisotopic (exact) mass is 368 g/mol. The molecule has 6 nitrogen and oxygen atoms in total. The third-order valence-corrected chi connectivity index (χ3v) is 4.78. The topological polar surface area (TPSA) is 57.7 Å². The van der Waals surface area contributed by atoms with Crippen LogP contribution in [0, 0.1) is 0 Å². The first-order valence-corrected chi connectivity index (χ1v) is 9.50. The van der Waals surface area contributed by atoms with Crippen LogP contribution < -0.4 is 10.2 Å². The standard InChI is InChI=1S/C21H28N4O2/c1-27-15-5-10-22-21(26)20-9-8-19(16-23-20)25-13-11-24(12-14-25)17-18-6-3-2-4-7-18/h2-4,6-9,16H,5,10-15,17H2,1H3,(H,22,26). The van der Waals surface area contributed by atoms with E-state index in [-0.39, 0.29) is 5.91 Å². The van der Waals surface area contributed by atoms with Gasteiger partial charge in [0.15, 0.2) is 0 Å². The molecule has 0 bridgehead atoms. The van der Waals surface area contributed by atoms with E-state index in [0.29, 0.717) is 18.8 Å². The number of ether oxygens (including phenoxy) is 1. The Morgan fingerprint density at radius 2 is 1.89 bits per heavy atom. The van der Waals surface area contributed by atoms with Crippen LogP contribution in [0.15, 0.2) is 48.7 Å². The highest BCUT2D eigenvalue weighted by molar-refractivity contribution is 5.92. The van der Waals surface area contributed by atoms with Crippen LogP contribution in [0.5, 0.6) is 0 Å². The van der Waals surface area contributed by atoms with Crippen LogP contribution in [0.3, 0.4) is 0 Å². The predicted octanol–water partition coefficient (Wildman–Crippen LogP) is 2.17.